The second-order valence-corrected chi connectivity index (χ2v) is 5.10. The third-order valence-corrected chi connectivity index (χ3v) is 3.64. The molecule has 15 heavy (non-hydrogen) atoms. The van der Waals surface area contributed by atoms with Gasteiger partial charge in [0.1, 0.15) is 12.2 Å². The van der Waals surface area contributed by atoms with Gasteiger partial charge >= 0.3 is 0 Å². The molecule has 1 aliphatic carbocycles. The molecule has 84 valence electrons. The number of rotatable bonds is 2. The predicted octanol–water partition coefficient (Wildman–Crippen LogP) is 2.55. The zero-order valence-electron chi connectivity index (χ0n) is 9.19. The van der Waals surface area contributed by atoms with Crippen molar-refractivity contribution in [2.75, 3.05) is 0 Å². The molecule has 0 aliphatic heterocycles. The Morgan fingerprint density at radius 1 is 1.47 bits per heavy atom. The monoisotopic (exact) mass is 227 g/mol. The van der Waals surface area contributed by atoms with Crippen LogP contribution in [0.5, 0.6) is 0 Å². The standard InChI is InChI=1S/C11H18ClN3/c1-15-11(13-8-14-15)7-9-4-2-3-5-10(12)6-9/h8-10H,2-7H2,1H3. The lowest BCUT2D eigenvalue weighted by molar-refractivity contribution is 0.441. The molecule has 1 fully saturated rings. The van der Waals surface area contributed by atoms with Crippen molar-refractivity contribution in [3.63, 3.8) is 0 Å². The van der Waals surface area contributed by atoms with Gasteiger partial charge in [-0.2, -0.15) is 5.10 Å². The zero-order valence-corrected chi connectivity index (χ0v) is 9.95. The quantitative estimate of drug-likeness (QED) is 0.574. The van der Waals surface area contributed by atoms with Crippen LogP contribution in [-0.4, -0.2) is 20.1 Å². The molecule has 1 aliphatic rings. The summed E-state index contributed by atoms with van der Waals surface area (Å²) in [7, 11) is 1.96. The Morgan fingerprint density at radius 3 is 3.00 bits per heavy atom. The van der Waals surface area contributed by atoms with Crippen molar-refractivity contribution in [3.05, 3.63) is 12.2 Å². The number of aromatic nitrogens is 3. The molecule has 2 unspecified atom stereocenters. The van der Waals surface area contributed by atoms with E-state index in [1.54, 1.807) is 6.33 Å². The first-order valence-corrected chi connectivity index (χ1v) is 6.16. The first-order chi connectivity index (χ1) is 7.25. The van der Waals surface area contributed by atoms with Crippen LogP contribution in [0.1, 0.15) is 37.9 Å². The lowest BCUT2D eigenvalue weighted by Gasteiger charge is -2.14. The van der Waals surface area contributed by atoms with Gasteiger partial charge in [0, 0.05) is 18.8 Å². The molecule has 0 aromatic carbocycles. The van der Waals surface area contributed by atoms with E-state index >= 15 is 0 Å². The molecule has 0 N–H and O–H groups in total. The Kier molecular flexibility index (Phi) is 3.62. The van der Waals surface area contributed by atoms with Gasteiger partial charge in [-0.15, -0.1) is 11.6 Å². The van der Waals surface area contributed by atoms with Crippen LogP contribution < -0.4 is 0 Å². The smallest absolute Gasteiger partial charge is 0.138 e. The molecule has 0 amide bonds. The van der Waals surface area contributed by atoms with Crippen molar-refractivity contribution in [1.29, 1.82) is 0 Å². The fourth-order valence-electron chi connectivity index (χ4n) is 2.34. The molecular formula is C11H18ClN3. The fourth-order valence-corrected chi connectivity index (χ4v) is 2.75. The summed E-state index contributed by atoms with van der Waals surface area (Å²) in [6.07, 6.45) is 8.85. The molecule has 1 aromatic heterocycles. The largest absolute Gasteiger partial charge is 0.253 e. The second kappa shape index (κ2) is 4.97. The zero-order chi connectivity index (χ0) is 10.7. The Hall–Kier alpha value is -0.570. The number of aryl methyl sites for hydroxylation is 1. The summed E-state index contributed by atoms with van der Waals surface area (Å²) in [5.41, 5.74) is 0. The van der Waals surface area contributed by atoms with Crippen LogP contribution in [-0.2, 0) is 13.5 Å². The molecule has 0 bridgehead atoms. The van der Waals surface area contributed by atoms with Crippen molar-refractivity contribution < 1.29 is 0 Å². The summed E-state index contributed by atoms with van der Waals surface area (Å²) in [5.74, 6) is 1.78. The Balaban J connectivity index is 1.96. The Morgan fingerprint density at radius 2 is 2.27 bits per heavy atom. The number of nitrogens with zero attached hydrogens (tertiary/aromatic N) is 3. The van der Waals surface area contributed by atoms with Crippen LogP contribution in [0.25, 0.3) is 0 Å². The average molecular weight is 228 g/mol. The van der Waals surface area contributed by atoms with Gasteiger partial charge in [0.2, 0.25) is 0 Å². The van der Waals surface area contributed by atoms with Crippen molar-refractivity contribution in [3.8, 4) is 0 Å². The minimum Gasteiger partial charge on any atom is -0.253 e. The molecule has 1 saturated carbocycles. The molecule has 0 spiro atoms. The summed E-state index contributed by atoms with van der Waals surface area (Å²) in [6, 6.07) is 0. The topological polar surface area (TPSA) is 30.7 Å². The van der Waals surface area contributed by atoms with Crippen LogP contribution in [0.15, 0.2) is 6.33 Å². The normalized spacial score (nSPS) is 27.6. The summed E-state index contributed by atoms with van der Waals surface area (Å²) >= 11 is 6.25. The van der Waals surface area contributed by atoms with Gasteiger partial charge in [-0.25, -0.2) is 4.98 Å². The molecule has 2 rings (SSSR count). The Bertz CT molecular complexity index is 311. The van der Waals surface area contributed by atoms with Crippen LogP contribution in [0.3, 0.4) is 0 Å². The van der Waals surface area contributed by atoms with Gasteiger partial charge in [0.15, 0.2) is 0 Å². The van der Waals surface area contributed by atoms with Crippen molar-refractivity contribution >= 4 is 11.6 Å². The summed E-state index contributed by atoms with van der Waals surface area (Å²) < 4.78 is 1.87. The van der Waals surface area contributed by atoms with E-state index in [2.05, 4.69) is 10.1 Å². The SMILES string of the molecule is Cn1ncnc1CC1CCCCC(Cl)C1. The van der Waals surface area contributed by atoms with Gasteiger partial charge < -0.3 is 0 Å². The molecule has 1 aromatic rings. The van der Waals surface area contributed by atoms with Gasteiger partial charge in [-0.1, -0.05) is 12.8 Å². The molecule has 4 heteroatoms. The van der Waals surface area contributed by atoms with Gasteiger partial charge in [-0.05, 0) is 25.2 Å². The first-order valence-electron chi connectivity index (χ1n) is 5.72. The maximum atomic E-state index is 6.25. The second-order valence-electron chi connectivity index (χ2n) is 4.49. The third kappa shape index (κ3) is 2.94. The molecule has 2 atom stereocenters. The molecule has 0 radical (unpaired) electrons. The summed E-state index contributed by atoms with van der Waals surface area (Å²) in [5, 5.41) is 4.46. The van der Waals surface area contributed by atoms with Gasteiger partial charge in [0.25, 0.3) is 0 Å². The van der Waals surface area contributed by atoms with E-state index in [0.29, 0.717) is 11.3 Å². The van der Waals surface area contributed by atoms with Gasteiger partial charge in [-0.3, -0.25) is 4.68 Å². The number of hydrogen-bond donors (Lipinski definition) is 0. The fraction of sp³-hybridized carbons (Fsp3) is 0.818. The van der Waals surface area contributed by atoms with E-state index in [-0.39, 0.29) is 0 Å². The van der Waals surface area contributed by atoms with Crippen LogP contribution in [0.4, 0.5) is 0 Å². The average Bonchev–Trinajstić information content (AvgIpc) is 2.48. The highest BCUT2D eigenvalue weighted by molar-refractivity contribution is 6.20. The minimum absolute atomic E-state index is 0.366. The van der Waals surface area contributed by atoms with E-state index in [9.17, 15) is 0 Å². The Labute approximate surface area is 95.8 Å². The van der Waals surface area contributed by atoms with Crippen molar-refractivity contribution in [2.45, 2.75) is 43.9 Å². The van der Waals surface area contributed by atoms with E-state index in [4.69, 9.17) is 11.6 Å². The molecule has 3 nitrogen and oxygen atoms in total. The number of alkyl halides is 1. The van der Waals surface area contributed by atoms with Crippen LogP contribution in [0, 0.1) is 5.92 Å². The molecular weight excluding hydrogens is 210 g/mol. The highest BCUT2D eigenvalue weighted by atomic mass is 35.5. The van der Waals surface area contributed by atoms with Crippen LogP contribution in [0.2, 0.25) is 0 Å². The maximum Gasteiger partial charge on any atom is 0.138 e. The van der Waals surface area contributed by atoms with Crippen molar-refractivity contribution in [1.82, 2.24) is 14.8 Å². The third-order valence-electron chi connectivity index (χ3n) is 3.25. The van der Waals surface area contributed by atoms with Crippen LogP contribution >= 0.6 is 11.6 Å². The summed E-state index contributed by atoms with van der Waals surface area (Å²) in [6.45, 7) is 0. The minimum atomic E-state index is 0.366. The number of halogens is 1. The molecule has 1 heterocycles. The summed E-state index contributed by atoms with van der Waals surface area (Å²) in [4.78, 5) is 4.27. The lowest BCUT2D eigenvalue weighted by Crippen LogP contribution is -2.12. The maximum absolute atomic E-state index is 6.25. The molecule has 0 saturated heterocycles. The predicted molar refractivity (Wildman–Crippen MR) is 60.9 cm³/mol. The van der Waals surface area contributed by atoms with E-state index in [1.165, 1.54) is 25.7 Å². The first kappa shape index (κ1) is 10.9. The van der Waals surface area contributed by atoms with E-state index in [1.807, 2.05) is 11.7 Å². The van der Waals surface area contributed by atoms with Crippen molar-refractivity contribution in [2.24, 2.45) is 13.0 Å². The highest BCUT2D eigenvalue weighted by Gasteiger charge is 2.20. The van der Waals surface area contributed by atoms with E-state index in [0.717, 1.165) is 18.7 Å². The lowest BCUT2D eigenvalue weighted by atomic mass is 9.96. The highest BCUT2D eigenvalue weighted by Crippen LogP contribution is 2.28. The van der Waals surface area contributed by atoms with E-state index < -0.39 is 0 Å². The van der Waals surface area contributed by atoms with Gasteiger partial charge in [0.05, 0.1) is 0 Å². The number of hydrogen-bond acceptors (Lipinski definition) is 2.